The molecule has 0 saturated heterocycles. The van der Waals surface area contributed by atoms with E-state index >= 15 is 0 Å². The molecule has 0 radical (unpaired) electrons. The van der Waals surface area contributed by atoms with Gasteiger partial charge in [0, 0.05) is 12.1 Å². The third kappa shape index (κ3) is 4.22. The Morgan fingerprint density at radius 2 is 2.15 bits per heavy atom. The van der Waals surface area contributed by atoms with Crippen molar-refractivity contribution in [2.75, 3.05) is 5.32 Å². The lowest BCUT2D eigenvalue weighted by molar-refractivity contribution is -0.384. The molecule has 0 heterocycles. The summed E-state index contributed by atoms with van der Waals surface area (Å²) in [4.78, 5) is 21.6. The summed E-state index contributed by atoms with van der Waals surface area (Å²) in [5.74, 6) is -1.17. The lowest BCUT2D eigenvalue weighted by atomic mass is 10.1. The van der Waals surface area contributed by atoms with Crippen molar-refractivity contribution < 1.29 is 14.8 Å². The maximum atomic E-state index is 11.2. The maximum absolute atomic E-state index is 11.2. The van der Waals surface area contributed by atoms with Gasteiger partial charge in [-0.15, -0.1) is 0 Å². The fraction of sp³-hybridized carbons (Fsp3) is 0.500. The molecule has 6 heteroatoms. The molecule has 0 fully saturated rings. The number of anilines is 1. The van der Waals surface area contributed by atoms with Crippen LogP contribution in [0.25, 0.3) is 0 Å². The third-order valence-electron chi connectivity index (χ3n) is 3.10. The van der Waals surface area contributed by atoms with Crippen LogP contribution in [-0.2, 0) is 0 Å². The van der Waals surface area contributed by atoms with Crippen molar-refractivity contribution in [1.29, 1.82) is 0 Å². The fourth-order valence-corrected chi connectivity index (χ4v) is 2.04. The maximum Gasteiger partial charge on any atom is 0.338 e. The molecule has 1 atom stereocenters. The Balaban J connectivity index is 2.96. The zero-order valence-corrected chi connectivity index (χ0v) is 11.8. The van der Waals surface area contributed by atoms with Gasteiger partial charge in [0.2, 0.25) is 0 Å². The van der Waals surface area contributed by atoms with Crippen molar-refractivity contribution in [1.82, 2.24) is 0 Å². The fourth-order valence-electron chi connectivity index (χ4n) is 2.04. The van der Waals surface area contributed by atoms with Crippen LogP contribution in [0.15, 0.2) is 18.2 Å². The predicted molar refractivity (Wildman–Crippen MR) is 77.3 cm³/mol. The minimum Gasteiger partial charge on any atom is -0.478 e. The molecular formula is C14H20N2O4. The van der Waals surface area contributed by atoms with Gasteiger partial charge in [-0.1, -0.05) is 32.3 Å². The molecule has 0 aliphatic carbocycles. The molecule has 1 rings (SSSR count). The zero-order valence-electron chi connectivity index (χ0n) is 11.8. The number of nitrogens with zero attached hydrogens (tertiary/aromatic N) is 1. The lowest BCUT2D eigenvalue weighted by Crippen LogP contribution is -2.18. The molecule has 0 bridgehead atoms. The molecule has 0 aliphatic heterocycles. The number of nitrogens with one attached hydrogen (secondary N) is 1. The first-order valence-corrected chi connectivity index (χ1v) is 6.74. The average Bonchev–Trinajstić information content (AvgIpc) is 2.38. The van der Waals surface area contributed by atoms with Gasteiger partial charge in [0.25, 0.3) is 5.69 Å². The minimum atomic E-state index is -1.17. The van der Waals surface area contributed by atoms with E-state index in [0.717, 1.165) is 25.7 Å². The van der Waals surface area contributed by atoms with E-state index in [1.54, 1.807) is 0 Å². The minimum absolute atomic E-state index is 0.0132. The van der Waals surface area contributed by atoms with Crippen LogP contribution in [-0.4, -0.2) is 22.0 Å². The first kappa shape index (κ1) is 15.9. The highest BCUT2D eigenvalue weighted by atomic mass is 16.6. The number of nitro groups is 1. The van der Waals surface area contributed by atoms with Crippen LogP contribution < -0.4 is 5.32 Å². The quantitative estimate of drug-likeness (QED) is 0.430. The molecule has 2 N–H and O–H groups in total. The van der Waals surface area contributed by atoms with Crippen LogP contribution in [0.1, 0.15) is 49.9 Å². The SMILES string of the molecule is CCCCCC(C)Nc1c(C(=O)O)cccc1[N+](=O)[O-]. The van der Waals surface area contributed by atoms with E-state index < -0.39 is 10.9 Å². The second-order valence-corrected chi connectivity index (χ2v) is 4.80. The van der Waals surface area contributed by atoms with E-state index in [2.05, 4.69) is 12.2 Å². The van der Waals surface area contributed by atoms with Gasteiger partial charge in [-0.3, -0.25) is 10.1 Å². The number of carboxylic acid groups (broad SMARTS) is 1. The summed E-state index contributed by atoms with van der Waals surface area (Å²) in [5, 5.41) is 23.1. The molecule has 0 amide bonds. The Morgan fingerprint density at radius 3 is 2.70 bits per heavy atom. The first-order chi connectivity index (χ1) is 9.47. The Hall–Kier alpha value is -2.11. The highest BCUT2D eigenvalue weighted by Crippen LogP contribution is 2.29. The third-order valence-corrected chi connectivity index (χ3v) is 3.10. The van der Waals surface area contributed by atoms with E-state index in [0.29, 0.717) is 0 Å². The molecule has 1 aromatic carbocycles. The van der Waals surface area contributed by atoms with Crippen LogP contribution in [0.3, 0.4) is 0 Å². The summed E-state index contributed by atoms with van der Waals surface area (Å²) < 4.78 is 0. The number of aromatic carboxylic acids is 1. The van der Waals surface area contributed by atoms with Gasteiger partial charge in [-0.2, -0.15) is 0 Å². The van der Waals surface area contributed by atoms with Gasteiger partial charge in [0.05, 0.1) is 10.5 Å². The number of carbonyl (C=O) groups is 1. The van der Waals surface area contributed by atoms with Crippen molar-refractivity contribution in [3.8, 4) is 0 Å². The summed E-state index contributed by atoms with van der Waals surface area (Å²) in [6.07, 6.45) is 4.04. The van der Waals surface area contributed by atoms with Gasteiger partial charge < -0.3 is 10.4 Å². The topological polar surface area (TPSA) is 92.5 Å². The van der Waals surface area contributed by atoms with E-state index in [4.69, 9.17) is 5.11 Å². The average molecular weight is 280 g/mol. The van der Waals surface area contributed by atoms with Crippen molar-refractivity contribution in [2.45, 2.75) is 45.6 Å². The number of para-hydroxylation sites is 1. The molecule has 6 nitrogen and oxygen atoms in total. The number of hydrogen-bond donors (Lipinski definition) is 2. The van der Waals surface area contributed by atoms with Crippen molar-refractivity contribution >= 4 is 17.3 Å². The zero-order chi connectivity index (χ0) is 15.1. The Kier molecular flexibility index (Phi) is 5.96. The summed E-state index contributed by atoms with van der Waals surface area (Å²) in [6.45, 7) is 4.00. The lowest BCUT2D eigenvalue weighted by Gasteiger charge is -2.16. The standard InChI is InChI=1S/C14H20N2O4/c1-3-4-5-7-10(2)15-13-11(14(17)18)8-6-9-12(13)16(19)20/h6,8-10,15H,3-5,7H2,1-2H3,(H,17,18). The largest absolute Gasteiger partial charge is 0.478 e. The smallest absolute Gasteiger partial charge is 0.338 e. The summed E-state index contributed by atoms with van der Waals surface area (Å²) >= 11 is 0. The Bertz CT molecular complexity index is 456. The van der Waals surface area contributed by atoms with E-state index in [1.165, 1.54) is 18.2 Å². The summed E-state index contributed by atoms with van der Waals surface area (Å²) in [7, 11) is 0. The Morgan fingerprint density at radius 1 is 1.45 bits per heavy atom. The normalized spacial score (nSPS) is 11.9. The molecule has 0 saturated carbocycles. The van der Waals surface area contributed by atoms with Crippen LogP contribution in [0.2, 0.25) is 0 Å². The van der Waals surface area contributed by atoms with Crippen LogP contribution >= 0.6 is 0 Å². The Labute approximate surface area is 118 Å². The highest BCUT2D eigenvalue weighted by molar-refractivity contribution is 5.96. The molecular weight excluding hydrogens is 260 g/mol. The van der Waals surface area contributed by atoms with Crippen LogP contribution in [0, 0.1) is 10.1 Å². The molecule has 20 heavy (non-hydrogen) atoms. The first-order valence-electron chi connectivity index (χ1n) is 6.74. The second-order valence-electron chi connectivity index (χ2n) is 4.80. The van der Waals surface area contributed by atoms with Gasteiger partial charge in [0.1, 0.15) is 5.69 Å². The highest BCUT2D eigenvalue weighted by Gasteiger charge is 2.22. The molecule has 0 aliphatic rings. The summed E-state index contributed by atoms with van der Waals surface area (Å²) in [5.41, 5.74) is -0.178. The van der Waals surface area contributed by atoms with Crippen molar-refractivity contribution in [3.05, 3.63) is 33.9 Å². The van der Waals surface area contributed by atoms with Gasteiger partial charge in [0.15, 0.2) is 0 Å². The van der Waals surface area contributed by atoms with Crippen molar-refractivity contribution in [3.63, 3.8) is 0 Å². The number of hydrogen-bond acceptors (Lipinski definition) is 4. The number of unbranched alkanes of at least 4 members (excludes halogenated alkanes) is 2. The molecule has 0 spiro atoms. The van der Waals surface area contributed by atoms with E-state index in [-0.39, 0.29) is 23.0 Å². The molecule has 1 unspecified atom stereocenters. The van der Waals surface area contributed by atoms with Crippen LogP contribution in [0.4, 0.5) is 11.4 Å². The van der Waals surface area contributed by atoms with Crippen molar-refractivity contribution in [2.24, 2.45) is 0 Å². The van der Waals surface area contributed by atoms with E-state index in [1.807, 2.05) is 6.92 Å². The number of benzene rings is 1. The number of nitro benzene ring substituents is 1. The number of rotatable bonds is 8. The second kappa shape index (κ2) is 7.47. The monoisotopic (exact) mass is 280 g/mol. The van der Waals surface area contributed by atoms with Crippen LogP contribution in [0.5, 0.6) is 0 Å². The van der Waals surface area contributed by atoms with E-state index in [9.17, 15) is 14.9 Å². The van der Waals surface area contributed by atoms with Gasteiger partial charge >= 0.3 is 5.97 Å². The molecule has 1 aromatic rings. The predicted octanol–water partition coefficient (Wildman–Crippen LogP) is 3.67. The van der Waals surface area contributed by atoms with Gasteiger partial charge in [-0.05, 0) is 19.4 Å². The van der Waals surface area contributed by atoms with Gasteiger partial charge in [-0.25, -0.2) is 4.79 Å². The summed E-state index contributed by atoms with van der Waals surface area (Å²) in [6, 6.07) is 4.05. The molecule has 110 valence electrons. The number of carboxylic acids is 1. The molecule has 0 aromatic heterocycles.